The molecule has 0 saturated carbocycles. The van der Waals surface area contributed by atoms with Gasteiger partial charge in [-0.2, -0.15) is 0 Å². The largest absolute Gasteiger partial charge is 0.219 e. The van der Waals surface area contributed by atoms with E-state index in [0.29, 0.717) is 0 Å². The number of hydrogen-bond acceptors (Lipinski definition) is 0. The van der Waals surface area contributed by atoms with E-state index in [-0.39, 0.29) is 19.6 Å². The number of allylic oxidation sites excluding steroid dienone is 4. The smallest absolute Gasteiger partial charge is 0.0988 e. The van der Waals surface area contributed by atoms with Gasteiger partial charge in [0.05, 0.1) is 10.6 Å². The average Bonchev–Trinajstić information content (AvgIpc) is 2.15. The standard InChI is InChI=1S/C5Cl8.C5H8/c6-2(4(9)10)1(3(7)8)5(11,12)13;1-4-5(2)3/h;4H,1-2H2,3H3. The SMILES string of the molecule is C=CC(=C)C.ClC(Cl)=C(Cl)C(=C(Cl)Cl)C(Cl)(Cl)Cl. The van der Waals surface area contributed by atoms with Gasteiger partial charge in [-0.15, -0.1) is 0 Å². The van der Waals surface area contributed by atoms with Gasteiger partial charge in [0.1, 0.15) is 8.98 Å². The lowest BCUT2D eigenvalue weighted by Gasteiger charge is -2.15. The second-order valence-corrected chi connectivity index (χ2v) is 7.32. The molecule has 0 aliphatic heterocycles. The summed E-state index contributed by atoms with van der Waals surface area (Å²) in [5.41, 5.74) is 0.854. The van der Waals surface area contributed by atoms with Gasteiger partial charge < -0.3 is 0 Å². The molecule has 0 rings (SSSR count). The highest BCUT2D eigenvalue weighted by Crippen LogP contribution is 2.45. The highest BCUT2D eigenvalue weighted by molar-refractivity contribution is 6.72. The molecule has 0 spiro atoms. The van der Waals surface area contributed by atoms with Gasteiger partial charge in [0, 0.05) is 0 Å². The molecule has 0 aliphatic carbocycles. The molecule has 8 heteroatoms. The molecule has 0 aromatic rings. The fourth-order valence-electron chi connectivity index (χ4n) is 0.409. The van der Waals surface area contributed by atoms with Crippen LogP contribution in [0.5, 0.6) is 0 Å². The second kappa shape index (κ2) is 10.1. The first-order valence-electron chi connectivity index (χ1n) is 4.06. The highest BCUT2D eigenvalue weighted by Gasteiger charge is 2.32. The van der Waals surface area contributed by atoms with Crippen molar-refractivity contribution in [1.82, 2.24) is 0 Å². The Balaban J connectivity index is 0. The maximum Gasteiger partial charge on any atom is 0.219 e. The molecule has 0 aliphatic rings. The monoisotopic (exact) mass is 408 g/mol. The van der Waals surface area contributed by atoms with Crippen LogP contribution in [-0.2, 0) is 0 Å². The van der Waals surface area contributed by atoms with Gasteiger partial charge >= 0.3 is 0 Å². The topological polar surface area (TPSA) is 0 Å². The van der Waals surface area contributed by atoms with Crippen molar-refractivity contribution in [3.05, 3.63) is 44.4 Å². The second-order valence-electron chi connectivity index (χ2n) is 2.76. The van der Waals surface area contributed by atoms with Gasteiger partial charge in [-0.3, -0.25) is 0 Å². The summed E-state index contributed by atoms with van der Waals surface area (Å²) in [7, 11) is 0. The van der Waals surface area contributed by atoms with Crippen molar-refractivity contribution in [3.63, 3.8) is 0 Å². The third-order valence-corrected chi connectivity index (χ3v) is 3.10. The normalized spacial score (nSPS) is 9.83. The summed E-state index contributed by atoms with van der Waals surface area (Å²) in [4.78, 5) is 0. The Morgan fingerprint density at radius 2 is 1.28 bits per heavy atom. The van der Waals surface area contributed by atoms with Gasteiger partial charge in [0.25, 0.3) is 0 Å². The van der Waals surface area contributed by atoms with Crippen LogP contribution in [0.25, 0.3) is 0 Å². The van der Waals surface area contributed by atoms with Crippen molar-refractivity contribution >= 4 is 92.8 Å². The van der Waals surface area contributed by atoms with E-state index in [2.05, 4.69) is 13.2 Å². The van der Waals surface area contributed by atoms with Crippen LogP contribution >= 0.6 is 92.8 Å². The minimum Gasteiger partial charge on any atom is -0.0988 e. The quantitative estimate of drug-likeness (QED) is 0.323. The number of alkyl halides is 3. The zero-order valence-electron chi connectivity index (χ0n) is 9.02. The Hall–Kier alpha value is 1.28. The van der Waals surface area contributed by atoms with Crippen LogP contribution in [-0.4, -0.2) is 3.79 Å². The van der Waals surface area contributed by atoms with Crippen molar-refractivity contribution in [2.75, 3.05) is 0 Å². The first-order chi connectivity index (χ1) is 7.95. The Bertz CT molecular complexity index is 364. The molecule has 0 unspecified atom stereocenters. The van der Waals surface area contributed by atoms with E-state index < -0.39 is 3.79 Å². The molecule has 0 aromatic carbocycles. The molecule has 0 saturated heterocycles. The summed E-state index contributed by atoms with van der Waals surface area (Å²) in [6.07, 6.45) is 1.72. The van der Waals surface area contributed by atoms with Crippen molar-refractivity contribution in [2.45, 2.75) is 10.7 Å². The third-order valence-electron chi connectivity index (χ3n) is 1.21. The van der Waals surface area contributed by atoms with Crippen LogP contribution in [0.1, 0.15) is 6.92 Å². The predicted octanol–water partition coefficient (Wildman–Crippen LogP) is 7.68. The minimum atomic E-state index is -1.88. The molecule has 0 heterocycles. The van der Waals surface area contributed by atoms with E-state index >= 15 is 0 Å². The van der Waals surface area contributed by atoms with Gasteiger partial charge in [-0.25, -0.2) is 0 Å². The Kier molecular flexibility index (Phi) is 12.1. The zero-order chi connectivity index (χ0) is 15.1. The predicted molar refractivity (Wildman–Crippen MR) is 88.6 cm³/mol. The van der Waals surface area contributed by atoms with E-state index in [1.54, 1.807) is 6.08 Å². The lowest BCUT2D eigenvalue weighted by atomic mass is 10.3. The molecule has 0 nitrogen and oxygen atoms in total. The molecule has 0 atom stereocenters. The van der Waals surface area contributed by atoms with E-state index in [1.165, 1.54) is 0 Å². The molecule has 0 radical (unpaired) electrons. The van der Waals surface area contributed by atoms with Crippen LogP contribution < -0.4 is 0 Å². The molecule has 0 amide bonds. The third kappa shape index (κ3) is 10.1. The zero-order valence-corrected chi connectivity index (χ0v) is 15.1. The van der Waals surface area contributed by atoms with Crippen LogP contribution in [0.4, 0.5) is 0 Å². The Morgan fingerprint density at radius 3 is 1.33 bits per heavy atom. The molecular weight excluding hydrogens is 404 g/mol. The van der Waals surface area contributed by atoms with Crippen LogP contribution in [0.2, 0.25) is 0 Å². The molecule has 0 N–H and O–H groups in total. The van der Waals surface area contributed by atoms with Gasteiger partial charge in [0.2, 0.25) is 3.79 Å². The lowest BCUT2D eigenvalue weighted by Crippen LogP contribution is -2.08. The van der Waals surface area contributed by atoms with Gasteiger partial charge in [0.15, 0.2) is 0 Å². The van der Waals surface area contributed by atoms with Crippen LogP contribution in [0, 0.1) is 0 Å². The molecule has 0 fully saturated rings. The highest BCUT2D eigenvalue weighted by atomic mass is 35.6. The molecule has 18 heavy (non-hydrogen) atoms. The summed E-state index contributed by atoms with van der Waals surface area (Å²) in [5, 5.41) is -0.205. The van der Waals surface area contributed by atoms with Gasteiger partial charge in [-0.05, 0) is 6.92 Å². The average molecular weight is 412 g/mol. The minimum absolute atomic E-state index is 0.164. The molecule has 0 bridgehead atoms. The fraction of sp³-hybridized carbons (Fsp3) is 0.200. The number of hydrogen-bond donors (Lipinski definition) is 0. The van der Waals surface area contributed by atoms with Crippen molar-refractivity contribution < 1.29 is 0 Å². The Morgan fingerprint density at radius 1 is 0.944 bits per heavy atom. The van der Waals surface area contributed by atoms with Crippen LogP contribution in [0.15, 0.2) is 44.4 Å². The number of halogens is 8. The Labute approximate surface area is 147 Å². The van der Waals surface area contributed by atoms with Crippen molar-refractivity contribution in [2.24, 2.45) is 0 Å². The molecular formula is C10H8Cl8. The van der Waals surface area contributed by atoms with Crippen molar-refractivity contribution in [1.29, 1.82) is 0 Å². The first kappa shape index (κ1) is 21.6. The fourth-order valence-corrected chi connectivity index (χ4v) is 2.41. The van der Waals surface area contributed by atoms with E-state index in [0.717, 1.165) is 5.57 Å². The summed E-state index contributed by atoms with van der Waals surface area (Å²) < 4.78 is -2.49. The van der Waals surface area contributed by atoms with Gasteiger partial charge in [-0.1, -0.05) is 118 Å². The first-order valence-corrected chi connectivity index (χ1v) is 7.09. The summed E-state index contributed by atoms with van der Waals surface area (Å²) in [5.74, 6) is 0. The van der Waals surface area contributed by atoms with E-state index in [1.807, 2.05) is 6.92 Å². The van der Waals surface area contributed by atoms with E-state index in [4.69, 9.17) is 92.8 Å². The maximum absolute atomic E-state index is 5.60. The summed E-state index contributed by atoms with van der Waals surface area (Å²) >= 11 is 43.7. The lowest BCUT2D eigenvalue weighted by molar-refractivity contribution is 1.32. The summed E-state index contributed by atoms with van der Waals surface area (Å²) in [6, 6.07) is 0. The molecule has 104 valence electrons. The van der Waals surface area contributed by atoms with E-state index in [9.17, 15) is 0 Å². The molecule has 0 aromatic heterocycles. The van der Waals surface area contributed by atoms with Crippen molar-refractivity contribution in [3.8, 4) is 0 Å². The maximum atomic E-state index is 5.60. The van der Waals surface area contributed by atoms with Crippen LogP contribution in [0.3, 0.4) is 0 Å². The number of rotatable bonds is 2. The summed E-state index contributed by atoms with van der Waals surface area (Å²) in [6.45, 7) is 8.93.